The number of carbonyl (C=O) groups excluding carboxylic acids is 2. The van der Waals surface area contributed by atoms with Crippen molar-refractivity contribution in [2.45, 2.75) is 38.8 Å². The van der Waals surface area contributed by atoms with Crippen LogP contribution < -0.4 is 21.7 Å². The summed E-state index contributed by atoms with van der Waals surface area (Å²) in [7, 11) is 0. The highest BCUT2D eigenvalue weighted by molar-refractivity contribution is 5.97. The van der Waals surface area contributed by atoms with Gasteiger partial charge in [0.2, 0.25) is 5.91 Å². The van der Waals surface area contributed by atoms with Crippen molar-refractivity contribution in [3.8, 4) is 0 Å². The maximum absolute atomic E-state index is 12.6. The number of nitrogens with one attached hydrogen (secondary N) is 3. The lowest BCUT2D eigenvalue weighted by Gasteiger charge is -2.19. The third kappa shape index (κ3) is 7.50. The molecule has 2 rings (SSSR count). The molecular formula is C21H28N4O2. The summed E-state index contributed by atoms with van der Waals surface area (Å²) in [6.07, 6.45) is 2.11. The van der Waals surface area contributed by atoms with E-state index in [1.165, 1.54) is 0 Å². The van der Waals surface area contributed by atoms with Crippen LogP contribution in [0.3, 0.4) is 0 Å². The van der Waals surface area contributed by atoms with Crippen molar-refractivity contribution in [3.63, 3.8) is 0 Å². The lowest BCUT2D eigenvalue weighted by molar-refractivity contribution is -0.118. The van der Waals surface area contributed by atoms with Gasteiger partial charge >= 0.3 is 6.03 Å². The zero-order valence-electron chi connectivity index (χ0n) is 15.7. The molecule has 0 bridgehead atoms. The molecule has 0 saturated heterocycles. The minimum atomic E-state index is -0.617. The molecule has 6 nitrogen and oxygen atoms in total. The van der Waals surface area contributed by atoms with Crippen LogP contribution in [-0.4, -0.2) is 24.5 Å². The number of hydrogen-bond acceptors (Lipinski definition) is 3. The number of carbonyl (C=O) groups is 2. The summed E-state index contributed by atoms with van der Waals surface area (Å²) < 4.78 is 0. The van der Waals surface area contributed by atoms with Crippen LogP contribution in [0.4, 0.5) is 10.5 Å². The van der Waals surface area contributed by atoms with E-state index in [2.05, 4.69) is 16.0 Å². The highest BCUT2D eigenvalue weighted by atomic mass is 16.2. The fourth-order valence-electron chi connectivity index (χ4n) is 2.62. The summed E-state index contributed by atoms with van der Waals surface area (Å²) in [5.41, 5.74) is 8.36. The normalized spacial score (nSPS) is 11.5. The Labute approximate surface area is 160 Å². The third-order valence-corrected chi connectivity index (χ3v) is 4.18. The predicted octanol–water partition coefficient (Wildman–Crippen LogP) is 2.93. The second kappa shape index (κ2) is 11.0. The Morgan fingerprint density at radius 1 is 1.00 bits per heavy atom. The van der Waals surface area contributed by atoms with Crippen LogP contribution in [0, 0.1) is 6.92 Å². The van der Waals surface area contributed by atoms with E-state index < -0.39 is 6.04 Å². The van der Waals surface area contributed by atoms with Gasteiger partial charge in [-0.3, -0.25) is 4.79 Å². The van der Waals surface area contributed by atoms with Crippen molar-refractivity contribution < 1.29 is 9.59 Å². The smallest absolute Gasteiger partial charge is 0.315 e. The van der Waals surface area contributed by atoms with E-state index in [1.807, 2.05) is 61.5 Å². The first-order chi connectivity index (χ1) is 13.1. The quantitative estimate of drug-likeness (QED) is 0.512. The lowest BCUT2D eigenvalue weighted by atomic mass is 10.1. The van der Waals surface area contributed by atoms with Gasteiger partial charge in [0.25, 0.3) is 0 Å². The van der Waals surface area contributed by atoms with Crippen LogP contribution in [0.1, 0.15) is 30.4 Å². The second-order valence-electron chi connectivity index (χ2n) is 6.50. The molecule has 144 valence electrons. The van der Waals surface area contributed by atoms with Gasteiger partial charge in [-0.2, -0.15) is 0 Å². The van der Waals surface area contributed by atoms with Gasteiger partial charge < -0.3 is 21.7 Å². The molecule has 0 fully saturated rings. The van der Waals surface area contributed by atoms with Gasteiger partial charge in [-0.25, -0.2) is 4.79 Å². The monoisotopic (exact) mass is 368 g/mol. The molecule has 5 N–H and O–H groups in total. The van der Waals surface area contributed by atoms with E-state index in [0.717, 1.165) is 24.0 Å². The molecule has 0 radical (unpaired) electrons. The summed E-state index contributed by atoms with van der Waals surface area (Å²) in [6.45, 7) is 2.95. The molecule has 0 heterocycles. The van der Waals surface area contributed by atoms with Crippen LogP contribution in [-0.2, 0) is 11.3 Å². The van der Waals surface area contributed by atoms with Crippen LogP contribution in [0.5, 0.6) is 0 Å². The first-order valence-electron chi connectivity index (χ1n) is 9.24. The van der Waals surface area contributed by atoms with Crippen molar-refractivity contribution in [3.05, 3.63) is 65.7 Å². The minimum Gasteiger partial charge on any atom is -0.334 e. The highest BCUT2D eigenvalue weighted by Gasteiger charge is 2.20. The topological polar surface area (TPSA) is 96.2 Å². The van der Waals surface area contributed by atoms with Crippen LogP contribution in [0.25, 0.3) is 0 Å². The molecule has 0 aliphatic rings. The molecule has 3 amide bonds. The fraction of sp³-hybridized carbons (Fsp3) is 0.333. The number of nitrogens with two attached hydrogens (primary N) is 1. The number of urea groups is 1. The van der Waals surface area contributed by atoms with Crippen LogP contribution >= 0.6 is 0 Å². The standard InChI is InChI=1S/C21H28N4O2/c1-16-10-12-18(13-11-16)24-20(26)19(9-5-6-14-22)25-21(27)23-15-17-7-3-2-4-8-17/h2-4,7-8,10-13,19H,5-6,9,14-15,22H2,1H3,(H,24,26)(H2,23,25,27)/t19-/m0/s1. The number of anilines is 1. The van der Waals surface area contributed by atoms with Crippen molar-refractivity contribution in [1.82, 2.24) is 10.6 Å². The Kier molecular flexibility index (Phi) is 8.32. The fourth-order valence-corrected chi connectivity index (χ4v) is 2.62. The van der Waals surface area contributed by atoms with Crippen molar-refractivity contribution in [2.24, 2.45) is 5.73 Å². The zero-order valence-corrected chi connectivity index (χ0v) is 15.7. The first kappa shape index (κ1) is 20.5. The van der Waals surface area contributed by atoms with E-state index in [9.17, 15) is 9.59 Å². The molecule has 2 aromatic rings. The minimum absolute atomic E-state index is 0.231. The third-order valence-electron chi connectivity index (χ3n) is 4.18. The van der Waals surface area contributed by atoms with Gasteiger partial charge in [-0.05, 0) is 50.4 Å². The Balaban J connectivity index is 1.92. The first-order valence-corrected chi connectivity index (χ1v) is 9.24. The van der Waals surface area contributed by atoms with Crippen LogP contribution in [0.2, 0.25) is 0 Å². The molecule has 0 unspecified atom stereocenters. The molecule has 0 saturated carbocycles. The number of unbranched alkanes of at least 4 members (excludes halogenated alkanes) is 1. The molecule has 0 aliphatic heterocycles. The Hall–Kier alpha value is -2.86. The van der Waals surface area contributed by atoms with Gasteiger partial charge in [0.05, 0.1) is 0 Å². The zero-order chi connectivity index (χ0) is 19.5. The van der Waals surface area contributed by atoms with E-state index in [0.29, 0.717) is 25.2 Å². The molecule has 2 aromatic carbocycles. The van der Waals surface area contributed by atoms with Crippen molar-refractivity contribution >= 4 is 17.6 Å². The Morgan fingerprint density at radius 3 is 2.37 bits per heavy atom. The number of aryl methyl sites for hydroxylation is 1. The van der Waals surface area contributed by atoms with Crippen LogP contribution in [0.15, 0.2) is 54.6 Å². The molecule has 6 heteroatoms. The Bertz CT molecular complexity index is 717. The van der Waals surface area contributed by atoms with E-state index in [1.54, 1.807) is 0 Å². The van der Waals surface area contributed by atoms with Gasteiger partial charge in [0.15, 0.2) is 0 Å². The van der Waals surface area contributed by atoms with Gasteiger partial charge in [-0.15, -0.1) is 0 Å². The molecular weight excluding hydrogens is 340 g/mol. The van der Waals surface area contributed by atoms with E-state index in [-0.39, 0.29) is 11.9 Å². The molecule has 0 aliphatic carbocycles. The largest absolute Gasteiger partial charge is 0.334 e. The summed E-state index contributed by atoms with van der Waals surface area (Å²) in [4.78, 5) is 24.9. The average molecular weight is 368 g/mol. The lowest BCUT2D eigenvalue weighted by Crippen LogP contribution is -2.47. The number of rotatable bonds is 9. The summed E-state index contributed by atoms with van der Waals surface area (Å²) in [6, 6.07) is 16.2. The number of benzene rings is 2. The van der Waals surface area contributed by atoms with E-state index >= 15 is 0 Å². The summed E-state index contributed by atoms with van der Waals surface area (Å²) >= 11 is 0. The molecule has 27 heavy (non-hydrogen) atoms. The van der Waals surface area contributed by atoms with Crippen molar-refractivity contribution in [2.75, 3.05) is 11.9 Å². The highest BCUT2D eigenvalue weighted by Crippen LogP contribution is 2.10. The molecule has 0 spiro atoms. The maximum atomic E-state index is 12.6. The van der Waals surface area contributed by atoms with Crippen molar-refractivity contribution in [1.29, 1.82) is 0 Å². The summed E-state index contributed by atoms with van der Waals surface area (Å²) in [5.74, 6) is -0.231. The number of hydrogen-bond donors (Lipinski definition) is 4. The second-order valence-corrected chi connectivity index (χ2v) is 6.50. The number of amides is 3. The van der Waals surface area contributed by atoms with Gasteiger partial charge in [0.1, 0.15) is 6.04 Å². The average Bonchev–Trinajstić information content (AvgIpc) is 2.68. The predicted molar refractivity (Wildman–Crippen MR) is 108 cm³/mol. The SMILES string of the molecule is Cc1ccc(NC(=O)[C@H](CCCCN)NC(=O)NCc2ccccc2)cc1. The molecule has 0 aromatic heterocycles. The van der Waals surface area contributed by atoms with Gasteiger partial charge in [0, 0.05) is 12.2 Å². The van der Waals surface area contributed by atoms with Gasteiger partial charge in [-0.1, -0.05) is 48.0 Å². The maximum Gasteiger partial charge on any atom is 0.315 e. The summed E-state index contributed by atoms with van der Waals surface area (Å²) in [5, 5.41) is 8.43. The Morgan fingerprint density at radius 2 is 1.70 bits per heavy atom. The van der Waals surface area contributed by atoms with E-state index in [4.69, 9.17) is 5.73 Å². The molecule has 1 atom stereocenters.